The van der Waals surface area contributed by atoms with Gasteiger partial charge in [-0.25, -0.2) is 4.68 Å². The van der Waals surface area contributed by atoms with E-state index in [9.17, 15) is 13.2 Å². The van der Waals surface area contributed by atoms with Crippen LogP contribution in [0.3, 0.4) is 0 Å². The smallest absolute Gasteiger partial charge is 0.313 e. The minimum absolute atomic E-state index is 0.622. The van der Waals surface area contributed by atoms with Gasteiger partial charge >= 0.3 is 6.18 Å². The first kappa shape index (κ1) is 14.6. The van der Waals surface area contributed by atoms with Crippen molar-refractivity contribution in [3.8, 4) is 5.69 Å². The van der Waals surface area contributed by atoms with Gasteiger partial charge in [0.2, 0.25) is 0 Å². The molecule has 108 valence electrons. The van der Waals surface area contributed by atoms with Gasteiger partial charge in [0, 0.05) is 12.7 Å². The minimum Gasteiger partial charge on any atom is -0.313 e. The van der Waals surface area contributed by atoms with Gasteiger partial charge in [-0.3, -0.25) is 0 Å². The van der Waals surface area contributed by atoms with Crippen molar-refractivity contribution in [3.05, 3.63) is 47.8 Å². The van der Waals surface area contributed by atoms with Gasteiger partial charge in [-0.05, 0) is 36.7 Å². The standard InChI is InChI=1S/C14H16F3N3/c1-2-7-18-10-11-4-3-5-12(9-11)20-8-6-13(19-20)14(15,16)17/h3-6,8-9,18H,2,7,10H2,1H3. The minimum atomic E-state index is -4.41. The maximum absolute atomic E-state index is 12.5. The van der Waals surface area contributed by atoms with Gasteiger partial charge in [0.1, 0.15) is 0 Å². The fourth-order valence-corrected chi connectivity index (χ4v) is 1.84. The van der Waals surface area contributed by atoms with Gasteiger partial charge in [0.15, 0.2) is 5.69 Å². The zero-order valence-electron chi connectivity index (χ0n) is 11.1. The highest BCUT2D eigenvalue weighted by Gasteiger charge is 2.33. The molecule has 0 atom stereocenters. The van der Waals surface area contributed by atoms with Crippen LogP contribution in [-0.2, 0) is 12.7 Å². The van der Waals surface area contributed by atoms with Crippen molar-refractivity contribution >= 4 is 0 Å². The third-order valence-corrected chi connectivity index (χ3v) is 2.81. The molecule has 0 aliphatic rings. The van der Waals surface area contributed by atoms with Crippen LogP contribution in [0.5, 0.6) is 0 Å². The molecule has 0 saturated carbocycles. The van der Waals surface area contributed by atoms with Crippen LogP contribution in [-0.4, -0.2) is 16.3 Å². The first-order chi connectivity index (χ1) is 9.50. The molecule has 3 nitrogen and oxygen atoms in total. The third-order valence-electron chi connectivity index (χ3n) is 2.81. The lowest BCUT2D eigenvalue weighted by Gasteiger charge is -2.07. The van der Waals surface area contributed by atoms with E-state index in [2.05, 4.69) is 17.3 Å². The molecule has 0 amide bonds. The molecule has 0 fully saturated rings. The summed E-state index contributed by atoms with van der Waals surface area (Å²) in [5.41, 5.74) is 0.753. The molecule has 0 aliphatic heterocycles. The number of rotatable bonds is 5. The van der Waals surface area contributed by atoms with Crippen LogP contribution in [0.25, 0.3) is 5.69 Å². The van der Waals surface area contributed by atoms with Crippen molar-refractivity contribution < 1.29 is 13.2 Å². The lowest BCUT2D eigenvalue weighted by Crippen LogP contribution is -2.14. The van der Waals surface area contributed by atoms with E-state index in [1.54, 1.807) is 6.07 Å². The number of hydrogen-bond acceptors (Lipinski definition) is 2. The Morgan fingerprint density at radius 1 is 1.25 bits per heavy atom. The summed E-state index contributed by atoms with van der Waals surface area (Å²) < 4.78 is 38.8. The fraction of sp³-hybridized carbons (Fsp3) is 0.357. The Labute approximate surface area is 115 Å². The van der Waals surface area contributed by atoms with Crippen LogP contribution < -0.4 is 5.32 Å². The van der Waals surface area contributed by atoms with Gasteiger partial charge < -0.3 is 5.32 Å². The fourth-order valence-electron chi connectivity index (χ4n) is 1.84. The van der Waals surface area contributed by atoms with Gasteiger partial charge in [0.25, 0.3) is 0 Å². The van der Waals surface area contributed by atoms with Crippen molar-refractivity contribution in [1.29, 1.82) is 0 Å². The van der Waals surface area contributed by atoms with E-state index in [4.69, 9.17) is 0 Å². The van der Waals surface area contributed by atoms with E-state index >= 15 is 0 Å². The van der Waals surface area contributed by atoms with Crippen LogP contribution in [0, 0.1) is 0 Å². The average Bonchev–Trinajstić information content (AvgIpc) is 2.89. The Hall–Kier alpha value is -1.82. The Morgan fingerprint density at radius 3 is 2.70 bits per heavy atom. The van der Waals surface area contributed by atoms with Crippen molar-refractivity contribution in [1.82, 2.24) is 15.1 Å². The number of benzene rings is 1. The molecular weight excluding hydrogens is 267 g/mol. The molecule has 0 unspecified atom stereocenters. The molecule has 1 aromatic carbocycles. The second-order valence-electron chi connectivity index (χ2n) is 4.49. The quantitative estimate of drug-likeness (QED) is 0.852. The highest BCUT2D eigenvalue weighted by molar-refractivity contribution is 5.35. The predicted molar refractivity (Wildman–Crippen MR) is 70.6 cm³/mol. The van der Waals surface area contributed by atoms with Gasteiger partial charge in [0.05, 0.1) is 5.69 Å². The van der Waals surface area contributed by atoms with E-state index in [0.29, 0.717) is 12.2 Å². The van der Waals surface area contributed by atoms with E-state index in [1.807, 2.05) is 18.2 Å². The summed E-state index contributed by atoms with van der Waals surface area (Å²) in [7, 11) is 0. The molecule has 0 aliphatic carbocycles. The number of alkyl halides is 3. The van der Waals surface area contributed by atoms with Crippen LogP contribution in [0.15, 0.2) is 36.5 Å². The highest BCUT2D eigenvalue weighted by atomic mass is 19.4. The Bertz CT molecular complexity index is 561. The van der Waals surface area contributed by atoms with Gasteiger partial charge in [-0.2, -0.15) is 18.3 Å². The summed E-state index contributed by atoms with van der Waals surface area (Å²) >= 11 is 0. The maximum Gasteiger partial charge on any atom is 0.435 e. The summed E-state index contributed by atoms with van der Waals surface area (Å²) in [6, 6.07) is 8.28. The molecule has 1 heterocycles. The molecule has 2 aromatic rings. The van der Waals surface area contributed by atoms with Crippen molar-refractivity contribution in [2.75, 3.05) is 6.54 Å². The van der Waals surface area contributed by atoms with E-state index in [0.717, 1.165) is 24.6 Å². The molecule has 2 rings (SSSR count). The normalized spacial score (nSPS) is 11.8. The van der Waals surface area contributed by atoms with Crippen LogP contribution >= 0.6 is 0 Å². The Kier molecular flexibility index (Phi) is 4.44. The molecule has 0 saturated heterocycles. The second-order valence-corrected chi connectivity index (χ2v) is 4.49. The van der Waals surface area contributed by atoms with Crippen LogP contribution in [0.2, 0.25) is 0 Å². The molecule has 0 bridgehead atoms. The summed E-state index contributed by atoms with van der Waals surface area (Å²) in [5.74, 6) is 0. The SMILES string of the molecule is CCCNCc1cccc(-n2ccc(C(F)(F)F)n2)c1. The predicted octanol–water partition coefficient (Wildman–Crippen LogP) is 3.39. The average molecular weight is 283 g/mol. The molecule has 1 aromatic heterocycles. The lowest BCUT2D eigenvalue weighted by atomic mass is 10.2. The first-order valence-corrected chi connectivity index (χ1v) is 6.43. The summed E-state index contributed by atoms with van der Waals surface area (Å²) in [5, 5.41) is 6.81. The largest absolute Gasteiger partial charge is 0.435 e. The van der Waals surface area contributed by atoms with Gasteiger partial charge in [-0.15, -0.1) is 0 Å². The zero-order chi connectivity index (χ0) is 14.6. The maximum atomic E-state index is 12.5. The van der Waals surface area contributed by atoms with Crippen molar-refractivity contribution in [2.45, 2.75) is 26.1 Å². The first-order valence-electron chi connectivity index (χ1n) is 6.43. The molecule has 0 spiro atoms. The summed E-state index contributed by atoms with van der Waals surface area (Å²) in [6.45, 7) is 3.67. The Morgan fingerprint density at radius 2 is 2.05 bits per heavy atom. The van der Waals surface area contributed by atoms with E-state index in [1.165, 1.54) is 10.9 Å². The number of nitrogens with zero attached hydrogens (tertiary/aromatic N) is 2. The molecular formula is C14H16F3N3. The Balaban J connectivity index is 2.16. The zero-order valence-corrected chi connectivity index (χ0v) is 11.1. The molecule has 20 heavy (non-hydrogen) atoms. The van der Waals surface area contributed by atoms with E-state index < -0.39 is 11.9 Å². The topological polar surface area (TPSA) is 29.9 Å². The van der Waals surface area contributed by atoms with E-state index in [-0.39, 0.29) is 0 Å². The van der Waals surface area contributed by atoms with Crippen molar-refractivity contribution in [2.24, 2.45) is 0 Å². The van der Waals surface area contributed by atoms with Crippen LogP contribution in [0.4, 0.5) is 13.2 Å². The number of aromatic nitrogens is 2. The molecule has 6 heteroatoms. The summed E-state index contributed by atoms with van der Waals surface area (Å²) in [4.78, 5) is 0. The monoisotopic (exact) mass is 283 g/mol. The number of nitrogens with one attached hydrogen (secondary N) is 1. The molecule has 0 radical (unpaired) electrons. The summed E-state index contributed by atoms with van der Waals surface area (Å²) in [6.07, 6.45) is -2.05. The van der Waals surface area contributed by atoms with Crippen LogP contribution in [0.1, 0.15) is 24.6 Å². The lowest BCUT2D eigenvalue weighted by molar-refractivity contribution is -0.141. The highest BCUT2D eigenvalue weighted by Crippen LogP contribution is 2.27. The third kappa shape index (κ3) is 3.60. The van der Waals surface area contributed by atoms with Crippen molar-refractivity contribution in [3.63, 3.8) is 0 Å². The number of halogens is 3. The number of hydrogen-bond donors (Lipinski definition) is 1. The second kappa shape index (κ2) is 6.09. The molecule has 1 N–H and O–H groups in total. The van der Waals surface area contributed by atoms with Gasteiger partial charge in [-0.1, -0.05) is 19.1 Å².